The third kappa shape index (κ3) is 4.63. The summed E-state index contributed by atoms with van der Waals surface area (Å²) in [7, 11) is 1.25. The summed E-state index contributed by atoms with van der Waals surface area (Å²) in [6.07, 6.45) is -6.02. The van der Waals surface area contributed by atoms with Crippen LogP contribution >= 0.6 is 0 Å². The van der Waals surface area contributed by atoms with E-state index in [4.69, 9.17) is 18.9 Å². The van der Waals surface area contributed by atoms with Gasteiger partial charge in [-0.3, -0.25) is 0 Å². The summed E-state index contributed by atoms with van der Waals surface area (Å²) in [5.41, 5.74) is 3.24. The van der Waals surface area contributed by atoms with E-state index in [-0.39, 0.29) is 5.56 Å². The summed E-state index contributed by atoms with van der Waals surface area (Å²) in [5.74, 6) is -1.45. The van der Waals surface area contributed by atoms with E-state index < -0.39 is 36.8 Å². The van der Waals surface area contributed by atoms with Gasteiger partial charge in [-0.25, -0.2) is 14.0 Å². The van der Waals surface area contributed by atoms with Gasteiger partial charge < -0.3 is 18.9 Å². The van der Waals surface area contributed by atoms with Crippen molar-refractivity contribution in [2.24, 2.45) is 0 Å². The van der Waals surface area contributed by atoms with Crippen molar-refractivity contribution in [2.45, 2.75) is 45.6 Å². The number of carbonyl (C=O) groups is 2. The number of halogens is 1. The first-order valence-corrected chi connectivity index (χ1v) is 9.18. The van der Waals surface area contributed by atoms with Crippen molar-refractivity contribution < 1.29 is 32.9 Å². The summed E-state index contributed by atoms with van der Waals surface area (Å²) in [5, 5.41) is 0. The van der Waals surface area contributed by atoms with Crippen molar-refractivity contribution >= 4 is 11.9 Å². The molecule has 1 saturated heterocycles. The van der Waals surface area contributed by atoms with Crippen LogP contribution in [0.2, 0.25) is 0 Å². The van der Waals surface area contributed by atoms with Crippen LogP contribution < -0.4 is 0 Å². The number of benzene rings is 2. The first-order valence-electron chi connectivity index (χ1n) is 9.18. The lowest BCUT2D eigenvalue weighted by molar-refractivity contribution is -0.192. The summed E-state index contributed by atoms with van der Waals surface area (Å²) in [6, 6.07) is 11.8. The molecule has 2 aromatic carbocycles. The van der Waals surface area contributed by atoms with Gasteiger partial charge >= 0.3 is 11.9 Å². The molecule has 1 fully saturated rings. The van der Waals surface area contributed by atoms with Gasteiger partial charge in [0.25, 0.3) is 0 Å². The van der Waals surface area contributed by atoms with Crippen LogP contribution in [0, 0.1) is 20.8 Å². The monoisotopic (exact) mass is 402 g/mol. The topological polar surface area (TPSA) is 71.1 Å². The normalized spacial score (nSPS) is 23.6. The highest BCUT2D eigenvalue weighted by Gasteiger charge is 2.50. The zero-order valence-corrected chi connectivity index (χ0v) is 16.7. The van der Waals surface area contributed by atoms with Crippen molar-refractivity contribution in [1.82, 2.24) is 0 Å². The Morgan fingerprint density at radius 3 is 2.17 bits per heavy atom. The fourth-order valence-corrected chi connectivity index (χ4v) is 3.08. The Balaban J connectivity index is 1.77. The Labute approximate surface area is 168 Å². The zero-order chi connectivity index (χ0) is 21.1. The van der Waals surface area contributed by atoms with Gasteiger partial charge in [0.05, 0.1) is 11.1 Å². The number of rotatable bonds is 5. The third-order valence-electron chi connectivity index (χ3n) is 4.70. The van der Waals surface area contributed by atoms with Crippen molar-refractivity contribution in [3.63, 3.8) is 0 Å². The fraction of sp³-hybridized carbons (Fsp3) is 0.364. The summed E-state index contributed by atoms with van der Waals surface area (Å²) < 4.78 is 35.6. The van der Waals surface area contributed by atoms with Gasteiger partial charge in [0.1, 0.15) is 0 Å². The van der Waals surface area contributed by atoms with Gasteiger partial charge in [0.15, 0.2) is 12.5 Å². The molecule has 3 rings (SSSR count). The molecular formula is C22H23FO6. The number of alkyl halides is 1. The van der Waals surface area contributed by atoms with Crippen LogP contribution in [0.4, 0.5) is 4.39 Å². The standard InChI is InChI=1S/C22H23FO6/c1-12-5-8-15(9-6-12)19(24)27-18-17(23)21(26-4)29-22(18)28-20(25)16-10-7-13(2)11-14(16)3/h5-11,17-18,21-22H,1-4H3/t17-,18-,21?,22-/m0/s1. The summed E-state index contributed by atoms with van der Waals surface area (Å²) >= 11 is 0. The predicted octanol–water partition coefficient (Wildman–Crippen LogP) is 3.66. The number of carbonyl (C=O) groups excluding carboxylic acids is 2. The second-order valence-electron chi connectivity index (χ2n) is 7.01. The molecule has 0 aliphatic carbocycles. The molecule has 0 saturated carbocycles. The minimum atomic E-state index is -1.81. The lowest BCUT2D eigenvalue weighted by Gasteiger charge is -2.20. The van der Waals surface area contributed by atoms with Crippen molar-refractivity contribution in [1.29, 1.82) is 0 Å². The molecular weight excluding hydrogens is 379 g/mol. The summed E-state index contributed by atoms with van der Waals surface area (Å²) in [6.45, 7) is 5.55. The Bertz CT molecular complexity index is 895. The van der Waals surface area contributed by atoms with Crippen LogP contribution in [0.25, 0.3) is 0 Å². The number of esters is 2. The van der Waals surface area contributed by atoms with Gasteiger partial charge in [0, 0.05) is 7.11 Å². The van der Waals surface area contributed by atoms with Crippen molar-refractivity contribution in [3.05, 3.63) is 70.3 Å². The average molecular weight is 402 g/mol. The molecule has 6 nitrogen and oxygen atoms in total. The maximum absolute atomic E-state index is 14.7. The lowest BCUT2D eigenvalue weighted by Crippen LogP contribution is -2.37. The quantitative estimate of drug-likeness (QED) is 0.711. The molecule has 29 heavy (non-hydrogen) atoms. The van der Waals surface area contributed by atoms with E-state index in [1.807, 2.05) is 19.9 Å². The molecule has 7 heteroatoms. The van der Waals surface area contributed by atoms with Crippen molar-refractivity contribution in [2.75, 3.05) is 7.11 Å². The average Bonchev–Trinajstić information content (AvgIpc) is 2.97. The SMILES string of the molecule is COC1O[C@H](OC(=O)c2ccc(C)cc2C)[C@@H](OC(=O)c2ccc(C)cc2)[C@@H]1F. The van der Waals surface area contributed by atoms with E-state index in [0.29, 0.717) is 11.1 Å². The molecule has 154 valence electrons. The van der Waals surface area contributed by atoms with E-state index in [0.717, 1.165) is 11.1 Å². The number of hydrogen-bond donors (Lipinski definition) is 0. The molecule has 0 bridgehead atoms. The van der Waals surface area contributed by atoms with Gasteiger partial charge in [0.2, 0.25) is 12.4 Å². The molecule has 4 atom stereocenters. The highest BCUT2D eigenvalue weighted by atomic mass is 19.1. The van der Waals surface area contributed by atoms with Crippen molar-refractivity contribution in [3.8, 4) is 0 Å². The first-order chi connectivity index (χ1) is 13.8. The maximum Gasteiger partial charge on any atom is 0.340 e. The highest BCUT2D eigenvalue weighted by molar-refractivity contribution is 5.91. The lowest BCUT2D eigenvalue weighted by atomic mass is 10.1. The molecule has 0 amide bonds. The zero-order valence-electron chi connectivity index (χ0n) is 16.7. The second kappa shape index (κ2) is 8.71. The van der Waals surface area contributed by atoms with E-state index in [2.05, 4.69) is 0 Å². The molecule has 1 unspecified atom stereocenters. The predicted molar refractivity (Wildman–Crippen MR) is 102 cm³/mol. The Morgan fingerprint density at radius 2 is 1.55 bits per heavy atom. The molecule has 1 aliphatic rings. The van der Waals surface area contributed by atoms with Crippen LogP contribution in [-0.4, -0.2) is 43.9 Å². The van der Waals surface area contributed by atoms with E-state index in [9.17, 15) is 14.0 Å². The maximum atomic E-state index is 14.7. The molecule has 0 N–H and O–H groups in total. The molecule has 0 spiro atoms. The highest BCUT2D eigenvalue weighted by Crippen LogP contribution is 2.30. The minimum absolute atomic E-state index is 0.253. The molecule has 1 aliphatic heterocycles. The number of methoxy groups -OCH3 is 1. The number of ether oxygens (including phenoxy) is 4. The fourth-order valence-electron chi connectivity index (χ4n) is 3.08. The van der Waals surface area contributed by atoms with E-state index >= 15 is 0 Å². The van der Waals surface area contributed by atoms with Crippen LogP contribution in [0.15, 0.2) is 42.5 Å². The Kier molecular flexibility index (Phi) is 6.30. The smallest absolute Gasteiger partial charge is 0.340 e. The van der Waals surface area contributed by atoms with Gasteiger partial charge in [-0.15, -0.1) is 0 Å². The van der Waals surface area contributed by atoms with E-state index in [1.54, 1.807) is 43.3 Å². The minimum Gasteiger partial charge on any atom is -0.449 e. The molecule has 1 heterocycles. The van der Waals surface area contributed by atoms with Gasteiger partial charge in [-0.1, -0.05) is 35.4 Å². The summed E-state index contributed by atoms with van der Waals surface area (Å²) in [4.78, 5) is 25.0. The van der Waals surface area contributed by atoms with Crippen LogP contribution in [0.1, 0.15) is 37.4 Å². The number of aryl methyl sites for hydroxylation is 3. The van der Waals surface area contributed by atoms with Gasteiger partial charge in [-0.2, -0.15) is 0 Å². The Morgan fingerprint density at radius 1 is 0.897 bits per heavy atom. The van der Waals surface area contributed by atoms with Crippen LogP contribution in [-0.2, 0) is 18.9 Å². The first kappa shape index (κ1) is 21.0. The van der Waals surface area contributed by atoms with Crippen LogP contribution in [0.5, 0.6) is 0 Å². The van der Waals surface area contributed by atoms with Gasteiger partial charge in [-0.05, 0) is 44.5 Å². The molecule has 2 aromatic rings. The van der Waals surface area contributed by atoms with Crippen LogP contribution in [0.3, 0.4) is 0 Å². The molecule has 0 aromatic heterocycles. The largest absolute Gasteiger partial charge is 0.449 e. The number of hydrogen-bond acceptors (Lipinski definition) is 6. The third-order valence-corrected chi connectivity index (χ3v) is 4.70. The second-order valence-corrected chi connectivity index (χ2v) is 7.01. The Hall–Kier alpha value is -2.77. The molecule has 0 radical (unpaired) electrons. The van der Waals surface area contributed by atoms with E-state index in [1.165, 1.54) is 7.11 Å².